The van der Waals surface area contributed by atoms with Crippen molar-refractivity contribution in [3.8, 4) is 0 Å². The normalized spacial score (nSPS) is 13.0. The highest BCUT2D eigenvalue weighted by Gasteiger charge is 2.01. The minimum absolute atomic E-state index is 0.417. The molecule has 0 heterocycles. The fraction of sp³-hybridized carbons (Fsp3) is 0.333. The molecule has 2 nitrogen and oxygen atoms in total. The minimum atomic E-state index is 0.417. The molecule has 0 aromatic rings. The van der Waals surface area contributed by atoms with Crippen molar-refractivity contribution in [2.24, 2.45) is 5.18 Å². The Kier molecular flexibility index (Phi) is 4.11. The molecule has 60 valence electrons. The molecule has 0 aromatic heterocycles. The van der Waals surface area contributed by atoms with Gasteiger partial charge in [-0.25, -0.2) is 0 Å². The fourth-order valence-corrected chi connectivity index (χ4v) is 0.658. The van der Waals surface area contributed by atoms with Crippen LogP contribution in [0.3, 0.4) is 0 Å². The zero-order valence-electron chi connectivity index (χ0n) is 7.22. The highest BCUT2D eigenvalue weighted by Crippen LogP contribution is 2.17. The third-order valence-corrected chi connectivity index (χ3v) is 1.59. The van der Waals surface area contributed by atoms with Crippen LogP contribution in [0.15, 0.2) is 40.8 Å². The molecule has 0 aliphatic rings. The maximum absolute atomic E-state index is 10.2. The summed E-state index contributed by atoms with van der Waals surface area (Å²) < 4.78 is 0. The van der Waals surface area contributed by atoms with E-state index in [-0.39, 0.29) is 0 Å². The topological polar surface area (TPSA) is 29.4 Å². The lowest BCUT2D eigenvalue weighted by Gasteiger charge is -2.01. The lowest BCUT2D eigenvalue weighted by Crippen LogP contribution is -1.85. The molecule has 2 heteroatoms. The smallest absolute Gasteiger partial charge is 0.110 e. The second kappa shape index (κ2) is 4.61. The molecule has 0 aromatic carbocycles. The van der Waals surface area contributed by atoms with E-state index in [1.165, 1.54) is 0 Å². The van der Waals surface area contributed by atoms with Crippen molar-refractivity contribution >= 4 is 0 Å². The van der Waals surface area contributed by atoms with E-state index in [4.69, 9.17) is 0 Å². The first-order chi connectivity index (χ1) is 5.17. The van der Waals surface area contributed by atoms with Crippen molar-refractivity contribution in [3.05, 3.63) is 40.5 Å². The van der Waals surface area contributed by atoms with E-state index in [2.05, 4.69) is 11.8 Å². The van der Waals surface area contributed by atoms with Gasteiger partial charge in [-0.2, -0.15) is 0 Å². The van der Waals surface area contributed by atoms with Crippen molar-refractivity contribution in [3.63, 3.8) is 0 Å². The highest BCUT2D eigenvalue weighted by atomic mass is 16.3. The number of rotatable bonds is 3. The molecule has 0 radical (unpaired) electrons. The second-order valence-corrected chi connectivity index (χ2v) is 2.22. The molecule has 0 saturated carbocycles. The van der Waals surface area contributed by atoms with Crippen LogP contribution in [-0.2, 0) is 0 Å². The molecule has 0 aliphatic carbocycles. The van der Waals surface area contributed by atoms with E-state index in [9.17, 15) is 4.91 Å². The van der Waals surface area contributed by atoms with Crippen LogP contribution in [0.2, 0.25) is 0 Å². The SMILES string of the molecule is C=C(C(C)=CC)/C(=C\C)N=O. The lowest BCUT2D eigenvalue weighted by atomic mass is 10.1. The molecule has 0 rings (SSSR count). The Morgan fingerprint density at radius 1 is 1.36 bits per heavy atom. The van der Waals surface area contributed by atoms with Gasteiger partial charge in [-0.05, 0) is 37.1 Å². The second-order valence-electron chi connectivity index (χ2n) is 2.22. The van der Waals surface area contributed by atoms with Crippen LogP contribution in [-0.4, -0.2) is 0 Å². The Hall–Kier alpha value is -1.18. The van der Waals surface area contributed by atoms with Crippen LogP contribution >= 0.6 is 0 Å². The van der Waals surface area contributed by atoms with E-state index in [1.807, 2.05) is 19.9 Å². The van der Waals surface area contributed by atoms with Crippen molar-refractivity contribution < 1.29 is 0 Å². The molecule has 0 unspecified atom stereocenters. The van der Waals surface area contributed by atoms with Crippen molar-refractivity contribution in [2.45, 2.75) is 20.8 Å². The summed E-state index contributed by atoms with van der Waals surface area (Å²) in [7, 11) is 0. The molecule has 0 aliphatic heterocycles. The highest BCUT2D eigenvalue weighted by molar-refractivity contribution is 5.42. The summed E-state index contributed by atoms with van der Waals surface area (Å²) in [6.45, 7) is 9.31. The number of hydrogen-bond acceptors (Lipinski definition) is 2. The summed E-state index contributed by atoms with van der Waals surface area (Å²) in [6.07, 6.45) is 3.55. The maximum atomic E-state index is 10.2. The summed E-state index contributed by atoms with van der Waals surface area (Å²) in [6, 6.07) is 0. The Morgan fingerprint density at radius 3 is 2.18 bits per heavy atom. The van der Waals surface area contributed by atoms with Gasteiger partial charge in [0.15, 0.2) is 0 Å². The third-order valence-electron chi connectivity index (χ3n) is 1.59. The van der Waals surface area contributed by atoms with Gasteiger partial charge in [-0.15, -0.1) is 4.91 Å². The number of hydrogen-bond donors (Lipinski definition) is 0. The molecule has 11 heavy (non-hydrogen) atoms. The van der Waals surface area contributed by atoms with E-state index in [1.54, 1.807) is 13.0 Å². The Morgan fingerprint density at radius 2 is 1.91 bits per heavy atom. The van der Waals surface area contributed by atoms with Gasteiger partial charge in [-0.1, -0.05) is 18.7 Å². The summed E-state index contributed by atoms with van der Waals surface area (Å²) in [5.74, 6) is 0. The quantitative estimate of drug-likeness (QED) is 0.450. The molecule has 0 bridgehead atoms. The monoisotopic (exact) mass is 151 g/mol. The Balaban J connectivity index is 4.61. The third kappa shape index (κ3) is 2.50. The average molecular weight is 151 g/mol. The average Bonchev–Trinajstić information content (AvgIpc) is 2.05. The van der Waals surface area contributed by atoms with Crippen molar-refractivity contribution in [1.29, 1.82) is 0 Å². The summed E-state index contributed by atoms with van der Waals surface area (Å²) in [4.78, 5) is 10.2. The van der Waals surface area contributed by atoms with Gasteiger partial charge < -0.3 is 0 Å². The molecular weight excluding hydrogens is 138 g/mol. The minimum Gasteiger partial charge on any atom is -0.145 e. The predicted octanol–water partition coefficient (Wildman–Crippen LogP) is 3.18. The van der Waals surface area contributed by atoms with Gasteiger partial charge in [0.2, 0.25) is 0 Å². The van der Waals surface area contributed by atoms with Crippen molar-refractivity contribution in [1.82, 2.24) is 0 Å². The lowest BCUT2D eigenvalue weighted by molar-refractivity contribution is 1.25. The first-order valence-corrected chi connectivity index (χ1v) is 3.49. The zero-order valence-corrected chi connectivity index (χ0v) is 7.22. The molecule has 0 N–H and O–H groups in total. The van der Waals surface area contributed by atoms with Gasteiger partial charge in [-0.3, -0.25) is 0 Å². The predicted molar refractivity (Wildman–Crippen MR) is 48.1 cm³/mol. The van der Waals surface area contributed by atoms with E-state index in [0.717, 1.165) is 5.57 Å². The maximum Gasteiger partial charge on any atom is 0.110 e. The fourth-order valence-electron chi connectivity index (χ4n) is 0.658. The van der Waals surface area contributed by atoms with Gasteiger partial charge in [0.1, 0.15) is 5.70 Å². The van der Waals surface area contributed by atoms with Gasteiger partial charge >= 0.3 is 0 Å². The largest absolute Gasteiger partial charge is 0.145 e. The number of allylic oxidation sites excluding steroid dienone is 3. The first-order valence-electron chi connectivity index (χ1n) is 3.49. The van der Waals surface area contributed by atoms with Gasteiger partial charge in [0, 0.05) is 0 Å². The first kappa shape index (κ1) is 9.82. The van der Waals surface area contributed by atoms with Crippen LogP contribution in [0.4, 0.5) is 0 Å². The molecule has 0 amide bonds. The van der Waals surface area contributed by atoms with Crippen LogP contribution in [0.5, 0.6) is 0 Å². The van der Waals surface area contributed by atoms with Gasteiger partial charge in [0.25, 0.3) is 0 Å². The molecule has 0 fully saturated rings. The summed E-state index contributed by atoms with van der Waals surface area (Å²) in [5.41, 5.74) is 2.10. The van der Waals surface area contributed by atoms with Crippen LogP contribution in [0.25, 0.3) is 0 Å². The van der Waals surface area contributed by atoms with E-state index >= 15 is 0 Å². The van der Waals surface area contributed by atoms with Gasteiger partial charge in [0.05, 0.1) is 0 Å². The van der Waals surface area contributed by atoms with E-state index in [0.29, 0.717) is 11.3 Å². The zero-order chi connectivity index (χ0) is 8.85. The molecule has 0 saturated heterocycles. The van der Waals surface area contributed by atoms with Crippen molar-refractivity contribution in [2.75, 3.05) is 0 Å². The molecule has 0 spiro atoms. The Labute approximate surface area is 67.3 Å². The summed E-state index contributed by atoms with van der Waals surface area (Å²) in [5, 5.41) is 2.85. The number of nitroso groups, excluding NO2 is 1. The van der Waals surface area contributed by atoms with Crippen LogP contribution < -0.4 is 0 Å². The standard InChI is InChI=1S/C9H13NO/c1-5-7(3)8(4)9(6-2)10-11/h5-6H,4H2,1-3H3/b7-5?,9-6+. The van der Waals surface area contributed by atoms with E-state index < -0.39 is 0 Å². The molecule has 0 atom stereocenters. The number of nitrogens with zero attached hydrogens (tertiary/aromatic N) is 1. The summed E-state index contributed by atoms with van der Waals surface area (Å²) >= 11 is 0. The van der Waals surface area contributed by atoms with Crippen LogP contribution in [0.1, 0.15) is 20.8 Å². The van der Waals surface area contributed by atoms with Crippen LogP contribution in [0, 0.1) is 4.91 Å². The Bertz CT molecular complexity index is 224. The molecular formula is C9H13NO.